The van der Waals surface area contributed by atoms with Crippen LogP contribution < -0.4 is 11.5 Å². The Bertz CT molecular complexity index is 1750. The molecule has 0 saturated heterocycles. The molecule has 0 radical (unpaired) electrons. The van der Waals surface area contributed by atoms with Crippen LogP contribution in [0.15, 0.2) is 107 Å². The summed E-state index contributed by atoms with van der Waals surface area (Å²) in [5.41, 5.74) is 18.8. The fourth-order valence-corrected chi connectivity index (χ4v) is 6.02. The number of carboxylic acid groups (broad SMARTS) is 2. The smallest absolute Gasteiger partial charge is 0.314 e. The third-order valence-electron chi connectivity index (χ3n) is 6.77. The van der Waals surface area contributed by atoms with E-state index in [0.29, 0.717) is 0 Å². The summed E-state index contributed by atoms with van der Waals surface area (Å²) in [4.78, 5) is 27.8. The predicted molar refractivity (Wildman–Crippen MR) is 182 cm³/mol. The van der Waals surface area contributed by atoms with Gasteiger partial charge in [0.1, 0.15) is 18.1 Å². The highest BCUT2D eigenvalue weighted by Gasteiger charge is 2.11. The van der Waals surface area contributed by atoms with Crippen molar-refractivity contribution in [1.29, 1.82) is 0 Å². The Hall–Kier alpha value is -4.68. The van der Waals surface area contributed by atoms with Crippen LogP contribution in [0.4, 0.5) is 11.6 Å². The number of aliphatic carboxylic acids is 2. The van der Waals surface area contributed by atoms with Crippen molar-refractivity contribution in [3.8, 4) is 0 Å². The normalized spacial score (nSPS) is 10.5. The number of carbonyl (C=O) groups is 2. The summed E-state index contributed by atoms with van der Waals surface area (Å²) < 4.78 is 5.94. The molecule has 0 unspecified atom stereocenters. The molecule has 2 aromatic carbocycles. The zero-order valence-electron chi connectivity index (χ0n) is 24.2. The van der Waals surface area contributed by atoms with Crippen molar-refractivity contribution in [2.45, 2.75) is 32.1 Å². The van der Waals surface area contributed by atoms with Gasteiger partial charge in [0.05, 0.1) is 22.4 Å². The number of hydrogen-bond acceptors (Lipinski definition) is 6. The van der Waals surface area contributed by atoms with Crippen LogP contribution in [0.2, 0.25) is 0 Å². The van der Waals surface area contributed by atoms with Crippen LogP contribution in [0, 0.1) is 0 Å². The average Bonchev–Trinajstić information content (AvgIpc) is 3.49. The largest absolute Gasteiger partial charge is 0.481 e. The van der Waals surface area contributed by atoms with E-state index in [1.54, 1.807) is 12.4 Å². The van der Waals surface area contributed by atoms with E-state index in [1.165, 1.54) is 11.1 Å². The van der Waals surface area contributed by atoms with Crippen LogP contribution in [-0.4, -0.2) is 40.9 Å². The van der Waals surface area contributed by atoms with Gasteiger partial charge in [-0.2, -0.15) is 0 Å². The highest BCUT2D eigenvalue weighted by molar-refractivity contribution is 9.11. The van der Waals surface area contributed by atoms with E-state index in [2.05, 4.69) is 90.4 Å². The Kier molecular flexibility index (Phi) is 11.7. The molecule has 0 aliphatic carbocycles. The summed E-state index contributed by atoms with van der Waals surface area (Å²) in [7, 11) is 0. The molecule has 0 amide bonds. The Labute approximate surface area is 276 Å². The molecule has 0 atom stereocenters. The number of nitrogens with zero attached hydrogens (tertiary/aromatic N) is 4. The highest BCUT2D eigenvalue weighted by atomic mass is 79.9. The summed E-state index contributed by atoms with van der Waals surface area (Å²) in [5.74, 6) is -1.17. The molecule has 4 aromatic heterocycles. The lowest BCUT2D eigenvalue weighted by Gasteiger charge is -2.05. The first kappa shape index (κ1) is 33.2. The van der Waals surface area contributed by atoms with Gasteiger partial charge in [0, 0.05) is 33.7 Å². The molecule has 6 aromatic rings. The number of fused-ring (bicyclic) bond motifs is 2. The van der Waals surface area contributed by atoms with Crippen molar-refractivity contribution in [3.05, 3.63) is 129 Å². The standard InChI is InChI=1S/2C15H14BrN3.C3H4O4/c2*16-12-10-14(17)19-9-8-18-13(15(12)19)7-6-11-4-2-1-3-5-11;4-2(5)1-3(6)7/h2*1-5,8-10H,6-7,17H2;1H2,(H,4,5)(H,6,7). The molecule has 0 aliphatic heterocycles. The van der Waals surface area contributed by atoms with Crippen LogP contribution in [-0.2, 0) is 35.3 Å². The quantitative estimate of drug-likeness (QED) is 0.129. The minimum atomic E-state index is -1.31. The molecule has 6 N–H and O–H groups in total. The fraction of sp³-hybridized carbons (Fsp3) is 0.152. The van der Waals surface area contributed by atoms with Crippen LogP contribution in [0.5, 0.6) is 0 Å². The lowest BCUT2D eigenvalue weighted by Crippen LogP contribution is -2.03. The molecule has 0 saturated carbocycles. The second-order valence-electron chi connectivity index (χ2n) is 9.95. The summed E-state index contributed by atoms with van der Waals surface area (Å²) in [6.07, 6.45) is 10.3. The lowest BCUT2D eigenvalue weighted by atomic mass is 10.1. The van der Waals surface area contributed by atoms with Gasteiger partial charge in [-0.3, -0.25) is 28.4 Å². The van der Waals surface area contributed by atoms with Gasteiger partial charge in [0.2, 0.25) is 0 Å². The number of nitrogen functional groups attached to an aromatic ring is 2. The number of halogens is 2. The van der Waals surface area contributed by atoms with Gasteiger partial charge >= 0.3 is 11.9 Å². The van der Waals surface area contributed by atoms with Crippen molar-refractivity contribution in [3.63, 3.8) is 0 Å². The monoisotopic (exact) mass is 734 g/mol. The van der Waals surface area contributed by atoms with E-state index < -0.39 is 18.4 Å². The summed E-state index contributed by atoms with van der Waals surface area (Å²) in [6, 6.07) is 24.7. The minimum absolute atomic E-state index is 0.727. The van der Waals surface area contributed by atoms with Crippen molar-refractivity contribution in [2.75, 3.05) is 11.5 Å². The van der Waals surface area contributed by atoms with Gasteiger partial charge in [0.15, 0.2) is 0 Å². The van der Waals surface area contributed by atoms with E-state index in [9.17, 15) is 9.59 Å². The molecule has 4 heterocycles. The molecule has 12 heteroatoms. The van der Waals surface area contributed by atoms with Crippen LogP contribution in [0.25, 0.3) is 11.0 Å². The summed E-state index contributed by atoms with van der Waals surface area (Å²) in [6.45, 7) is 0. The van der Waals surface area contributed by atoms with E-state index in [4.69, 9.17) is 21.7 Å². The van der Waals surface area contributed by atoms with Gasteiger partial charge in [-0.15, -0.1) is 0 Å². The molecular weight excluding hydrogens is 704 g/mol. The Balaban J connectivity index is 0.000000170. The second kappa shape index (κ2) is 15.9. The Morgan fingerprint density at radius 1 is 0.644 bits per heavy atom. The first-order valence-electron chi connectivity index (χ1n) is 13.9. The van der Waals surface area contributed by atoms with Gasteiger partial charge in [-0.1, -0.05) is 60.7 Å². The zero-order chi connectivity index (χ0) is 32.3. The third kappa shape index (κ3) is 9.16. The lowest BCUT2D eigenvalue weighted by molar-refractivity contribution is -0.147. The number of aromatic nitrogens is 4. The molecule has 232 valence electrons. The topological polar surface area (TPSA) is 161 Å². The molecule has 45 heavy (non-hydrogen) atoms. The van der Waals surface area contributed by atoms with Crippen molar-refractivity contribution in [2.24, 2.45) is 0 Å². The molecule has 0 fully saturated rings. The van der Waals surface area contributed by atoms with Crippen LogP contribution in [0.3, 0.4) is 0 Å². The number of carboxylic acids is 2. The number of benzene rings is 2. The SMILES string of the molecule is Nc1cc(Br)c2c(CCc3ccccc3)nccn12.Nc1cc(Br)c2c(CCc3ccccc3)nccn12.O=C(O)CC(=O)O. The molecule has 0 spiro atoms. The zero-order valence-corrected chi connectivity index (χ0v) is 27.4. The number of hydrogen-bond donors (Lipinski definition) is 4. The third-order valence-corrected chi connectivity index (χ3v) is 7.98. The van der Waals surface area contributed by atoms with Crippen molar-refractivity contribution < 1.29 is 19.8 Å². The van der Waals surface area contributed by atoms with E-state index in [1.807, 2.05) is 45.5 Å². The van der Waals surface area contributed by atoms with Crippen LogP contribution in [0.1, 0.15) is 28.9 Å². The highest BCUT2D eigenvalue weighted by Crippen LogP contribution is 2.28. The van der Waals surface area contributed by atoms with Crippen LogP contribution >= 0.6 is 31.9 Å². The molecular formula is C33H32Br2N6O4. The number of aryl methyl sites for hydroxylation is 4. The summed E-state index contributed by atoms with van der Waals surface area (Å²) >= 11 is 7.11. The number of anilines is 2. The Morgan fingerprint density at radius 2 is 1.02 bits per heavy atom. The molecule has 10 nitrogen and oxygen atoms in total. The summed E-state index contributed by atoms with van der Waals surface area (Å²) in [5, 5.41) is 15.4. The van der Waals surface area contributed by atoms with E-state index in [-0.39, 0.29) is 0 Å². The second-order valence-corrected chi connectivity index (χ2v) is 11.7. The molecule has 0 bridgehead atoms. The molecule has 6 rings (SSSR count). The number of nitrogens with two attached hydrogens (primary N) is 2. The molecule has 0 aliphatic rings. The fourth-order valence-electron chi connectivity index (χ4n) is 4.71. The maximum atomic E-state index is 9.43. The van der Waals surface area contributed by atoms with E-state index in [0.717, 1.165) is 68.7 Å². The van der Waals surface area contributed by atoms with Gasteiger partial charge in [-0.25, -0.2) is 0 Å². The van der Waals surface area contributed by atoms with Crippen molar-refractivity contribution >= 4 is 66.5 Å². The first-order chi connectivity index (χ1) is 21.6. The van der Waals surface area contributed by atoms with E-state index >= 15 is 0 Å². The maximum Gasteiger partial charge on any atom is 0.314 e. The Morgan fingerprint density at radius 3 is 1.36 bits per heavy atom. The average molecular weight is 736 g/mol. The minimum Gasteiger partial charge on any atom is -0.481 e. The van der Waals surface area contributed by atoms with Gasteiger partial charge in [0.25, 0.3) is 0 Å². The van der Waals surface area contributed by atoms with Gasteiger partial charge in [-0.05, 0) is 80.8 Å². The maximum absolute atomic E-state index is 9.43. The van der Waals surface area contributed by atoms with Crippen molar-refractivity contribution in [1.82, 2.24) is 18.8 Å². The predicted octanol–water partition coefficient (Wildman–Crippen LogP) is 6.47. The first-order valence-corrected chi connectivity index (χ1v) is 15.5. The van der Waals surface area contributed by atoms with Gasteiger partial charge < -0.3 is 21.7 Å². The number of rotatable bonds is 8.